The first-order valence-corrected chi connectivity index (χ1v) is 9.66. The number of benzene rings is 1. The number of hydrogen-bond donors (Lipinski definition) is 1. The summed E-state index contributed by atoms with van der Waals surface area (Å²) < 4.78 is 1.57. The number of para-hydroxylation sites is 1. The van der Waals surface area contributed by atoms with Crippen LogP contribution in [0.15, 0.2) is 42.1 Å². The third kappa shape index (κ3) is 6.21. The van der Waals surface area contributed by atoms with Gasteiger partial charge in [-0.25, -0.2) is 4.68 Å². The lowest BCUT2D eigenvalue weighted by molar-refractivity contribution is -0.132. The molecule has 0 spiro atoms. The summed E-state index contributed by atoms with van der Waals surface area (Å²) in [6, 6.07) is 7.54. The van der Waals surface area contributed by atoms with E-state index in [4.69, 9.17) is 0 Å². The number of thioether (sulfide) groups is 1. The van der Waals surface area contributed by atoms with Crippen LogP contribution >= 0.6 is 11.8 Å². The lowest BCUT2D eigenvalue weighted by Gasteiger charge is -2.21. The number of rotatable bonds is 10. The lowest BCUT2D eigenvalue weighted by atomic mass is 10.2. The van der Waals surface area contributed by atoms with E-state index in [2.05, 4.69) is 27.4 Å². The molecule has 0 radical (unpaired) electrons. The van der Waals surface area contributed by atoms with Gasteiger partial charge < -0.3 is 10.2 Å². The van der Waals surface area contributed by atoms with Gasteiger partial charge in [0, 0.05) is 12.2 Å². The zero-order valence-electron chi connectivity index (χ0n) is 15.6. The quantitative estimate of drug-likeness (QED) is 0.495. The van der Waals surface area contributed by atoms with Gasteiger partial charge in [-0.2, -0.15) is 0 Å². The fourth-order valence-corrected chi connectivity index (χ4v) is 3.18. The molecule has 1 aromatic heterocycles. The molecule has 2 rings (SSSR count). The van der Waals surface area contributed by atoms with Crippen LogP contribution in [0.1, 0.15) is 18.9 Å². The lowest BCUT2D eigenvalue weighted by Crippen LogP contribution is -2.39. The predicted octanol–water partition coefficient (Wildman–Crippen LogP) is 2.14. The summed E-state index contributed by atoms with van der Waals surface area (Å²) in [6.45, 7) is 8.55. The molecular formula is C18H24N6O2S. The van der Waals surface area contributed by atoms with E-state index in [0.29, 0.717) is 18.2 Å². The Labute approximate surface area is 163 Å². The Balaban J connectivity index is 1.93. The van der Waals surface area contributed by atoms with Crippen molar-refractivity contribution in [2.75, 3.05) is 24.2 Å². The second-order valence-electron chi connectivity index (χ2n) is 5.90. The average molecular weight is 388 g/mol. The molecule has 0 aliphatic rings. The fraction of sp³-hybridized carbons (Fsp3) is 0.389. The Hall–Kier alpha value is -2.68. The van der Waals surface area contributed by atoms with E-state index in [1.165, 1.54) is 11.8 Å². The Morgan fingerprint density at radius 2 is 2.15 bits per heavy atom. The van der Waals surface area contributed by atoms with Gasteiger partial charge >= 0.3 is 0 Å². The zero-order chi connectivity index (χ0) is 19.6. The average Bonchev–Trinajstić information content (AvgIpc) is 3.09. The van der Waals surface area contributed by atoms with Crippen molar-refractivity contribution in [3.63, 3.8) is 0 Å². The van der Waals surface area contributed by atoms with Crippen molar-refractivity contribution in [1.29, 1.82) is 0 Å². The smallest absolute Gasteiger partial charge is 0.244 e. The molecule has 1 heterocycles. The van der Waals surface area contributed by atoms with E-state index in [9.17, 15) is 9.59 Å². The third-order valence-electron chi connectivity index (χ3n) is 3.73. The molecule has 8 nitrogen and oxygen atoms in total. The van der Waals surface area contributed by atoms with Crippen molar-refractivity contribution >= 4 is 29.3 Å². The van der Waals surface area contributed by atoms with Crippen LogP contribution in [0.5, 0.6) is 0 Å². The topological polar surface area (TPSA) is 93.0 Å². The van der Waals surface area contributed by atoms with Crippen molar-refractivity contribution in [3.05, 3.63) is 42.5 Å². The first-order valence-electron chi connectivity index (χ1n) is 8.68. The molecule has 144 valence electrons. The second kappa shape index (κ2) is 10.5. The van der Waals surface area contributed by atoms with Gasteiger partial charge in [0.25, 0.3) is 0 Å². The van der Waals surface area contributed by atoms with E-state index in [0.717, 1.165) is 17.7 Å². The molecule has 0 aliphatic carbocycles. The maximum Gasteiger partial charge on any atom is 0.244 e. The molecular weight excluding hydrogens is 364 g/mol. The number of allylic oxidation sites excluding steroid dienone is 1. The van der Waals surface area contributed by atoms with E-state index < -0.39 is 0 Å². The van der Waals surface area contributed by atoms with Gasteiger partial charge in [0.05, 0.1) is 18.8 Å². The van der Waals surface area contributed by atoms with Crippen LogP contribution < -0.4 is 5.32 Å². The number of carbonyl (C=O) groups excluding carboxylic acids is 2. The van der Waals surface area contributed by atoms with Gasteiger partial charge in [0.2, 0.25) is 17.0 Å². The number of nitrogens with one attached hydrogen (secondary N) is 1. The Morgan fingerprint density at radius 1 is 1.37 bits per heavy atom. The third-order valence-corrected chi connectivity index (χ3v) is 4.67. The molecule has 0 atom stereocenters. The van der Waals surface area contributed by atoms with E-state index >= 15 is 0 Å². The van der Waals surface area contributed by atoms with Crippen LogP contribution in [0.4, 0.5) is 5.69 Å². The number of aryl methyl sites for hydroxylation is 1. The summed E-state index contributed by atoms with van der Waals surface area (Å²) >= 11 is 1.25. The molecule has 0 fully saturated rings. The molecule has 1 aromatic carbocycles. The summed E-state index contributed by atoms with van der Waals surface area (Å²) in [7, 11) is 0. The largest absolute Gasteiger partial charge is 0.333 e. The van der Waals surface area contributed by atoms with Crippen LogP contribution in [0.2, 0.25) is 0 Å². The van der Waals surface area contributed by atoms with Crippen molar-refractivity contribution in [3.8, 4) is 0 Å². The van der Waals surface area contributed by atoms with Crippen LogP contribution in [-0.4, -0.2) is 55.8 Å². The van der Waals surface area contributed by atoms with Crippen molar-refractivity contribution in [1.82, 2.24) is 25.1 Å². The van der Waals surface area contributed by atoms with Crippen molar-refractivity contribution in [2.45, 2.75) is 32.0 Å². The highest BCUT2D eigenvalue weighted by molar-refractivity contribution is 7.99. The number of nitrogens with zero attached hydrogens (tertiary/aromatic N) is 5. The molecule has 0 bridgehead atoms. The van der Waals surface area contributed by atoms with Crippen molar-refractivity contribution in [2.24, 2.45) is 0 Å². The summed E-state index contributed by atoms with van der Waals surface area (Å²) in [4.78, 5) is 26.5. The highest BCUT2D eigenvalue weighted by atomic mass is 32.2. The number of anilines is 1. The molecule has 0 aliphatic heterocycles. The predicted molar refractivity (Wildman–Crippen MR) is 105 cm³/mol. The molecule has 0 saturated heterocycles. The monoisotopic (exact) mass is 388 g/mol. The maximum atomic E-state index is 12.6. The Kier molecular flexibility index (Phi) is 8.00. The number of aromatic nitrogens is 4. The van der Waals surface area contributed by atoms with Crippen molar-refractivity contribution < 1.29 is 9.59 Å². The molecule has 1 N–H and O–H groups in total. The first kappa shape index (κ1) is 20.6. The second-order valence-corrected chi connectivity index (χ2v) is 6.84. The highest BCUT2D eigenvalue weighted by Gasteiger charge is 2.18. The zero-order valence-corrected chi connectivity index (χ0v) is 16.4. The van der Waals surface area contributed by atoms with E-state index in [1.54, 1.807) is 15.7 Å². The van der Waals surface area contributed by atoms with Crippen LogP contribution in [0.3, 0.4) is 0 Å². The molecule has 9 heteroatoms. The Bertz CT molecular complexity index is 792. The number of amides is 2. The summed E-state index contributed by atoms with van der Waals surface area (Å²) in [5.41, 5.74) is 1.73. The summed E-state index contributed by atoms with van der Waals surface area (Å²) in [5, 5.41) is 14.8. The number of hydrogen-bond acceptors (Lipinski definition) is 6. The van der Waals surface area contributed by atoms with Gasteiger partial charge in [0.15, 0.2) is 0 Å². The number of tetrazole rings is 1. The standard InChI is InChI=1S/C18H24N6O2S/c1-4-10-23(12-16(25)19-15-9-7-6-8-14(15)3)17(26)13-27-18-20-21-22-24(18)11-5-2/h5-9H,2,4,10-13H2,1,3H3,(H,19,25). The molecule has 2 aromatic rings. The minimum Gasteiger partial charge on any atom is -0.333 e. The van der Waals surface area contributed by atoms with Gasteiger partial charge in [0.1, 0.15) is 0 Å². The molecule has 27 heavy (non-hydrogen) atoms. The van der Waals surface area contributed by atoms with Gasteiger partial charge in [-0.05, 0) is 35.4 Å². The van der Waals surface area contributed by atoms with Gasteiger partial charge in [-0.3, -0.25) is 9.59 Å². The van der Waals surface area contributed by atoms with Crippen LogP contribution in [0.25, 0.3) is 0 Å². The first-order chi connectivity index (χ1) is 13.0. The molecule has 2 amide bonds. The highest BCUT2D eigenvalue weighted by Crippen LogP contribution is 2.15. The fourth-order valence-electron chi connectivity index (χ4n) is 2.39. The molecule has 0 saturated carbocycles. The Morgan fingerprint density at radius 3 is 2.85 bits per heavy atom. The maximum absolute atomic E-state index is 12.6. The number of carbonyl (C=O) groups is 2. The SMILES string of the molecule is C=CCn1nnnc1SCC(=O)N(CCC)CC(=O)Nc1ccccc1C. The van der Waals surface area contributed by atoms with Crippen LogP contribution in [-0.2, 0) is 16.1 Å². The summed E-state index contributed by atoms with van der Waals surface area (Å²) in [6.07, 6.45) is 2.45. The normalized spacial score (nSPS) is 10.4. The van der Waals surface area contributed by atoms with E-state index in [-0.39, 0.29) is 24.1 Å². The van der Waals surface area contributed by atoms with E-state index in [1.807, 2.05) is 38.1 Å². The minimum absolute atomic E-state index is 0.0131. The minimum atomic E-state index is -0.215. The van der Waals surface area contributed by atoms with Crippen LogP contribution in [0, 0.1) is 6.92 Å². The molecule has 0 unspecified atom stereocenters. The summed E-state index contributed by atoms with van der Waals surface area (Å²) in [5.74, 6) is -0.183. The van der Waals surface area contributed by atoms with Gasteiger partial charge in [-0.1, -0.05) is 43.0 Å². The van der Waals surface area contributed by atoms with Gasteiger partial charge in [-0.15, -0.1) is 11.7 Å².